The van der Waals surface area contributed by atoms with Gasteiger partial charge in [-0.2, -0.15) is 0 Å². The summed E-state index contributed by atoms with van der Waals surface area (Å²) in [5.74, 6) is -0.0428. The Labute approximate surface area is 124 Å². The van der Waals surface area contributed by atoms with E-state index in [1.165, 1.54) is 5.56 Å². The molecule has 2 aromatic carbocycles. The Morgan fingerprint density at radius 2 is 1.48 bits per heavy atom. The number of hydrogen-bond acceptors (Lipinski definition) is 3. The Balaban J connectivity index is 1.94. The summed E-state index contributed by atoms with van der Waals surface area (Å²) < 4.78 is 5.14. The van der Waals surface area contributed by atoms with Crippen molar-refractivity contribution >= 4 is 5.97 Å². The number of hydrogen-bond donors (Lipinski definition) is 1. The molecule has 0 saturated heterocycles. The van der Waals surface area contributed by atoms with Gasteiger partial charge in [-0.1, -0.05) is 24.3 Å². The number of methoxy groups -OCH3 is 1. The van der Waals surface area contributed by atoms with Crippen molar-refractivity contribution in [2.45, 2.75) is 13.1 Å². The summed E-state index contributed by atoms with van der Waals surface area (Å²) in [6.07, 6.45) is 0. The fourth-order valence-electron chi connectivity index (χ4n) is 2.16. The van der Waals surface area contributed by atoms with Crippen LogP contribution in [0.25, 0.3) is 0 Å². The Hall–Kier alpha value is -2.33. The number of rotatable bonds is 6. The first-order chi connectivity index (χ1) is 10.1. The molecule has 0 heterocycles. The average Bonchev–Trinajstić information content (AvgIpc) is 2.48. The normalized spacial score (nSPS) is 10.6. The summed E-state index contributed by atoms with van der Waals surface area (Å²) in [6.45, 7) is 1.59. The molecule has 21 heavy (non-hydrogen) atoms. The van der Waals surface area contributed by atoms with Crippen LogP contribution in [-0.2, 0) is 13.1 Å². The number of carboxylic acid groups (broad SMARTS) is 1. The molecule has 0 aliphatic rings. The molecular formula is C17H19NO3. The van der Waals surface area contributed by atoms with Gasteiger partial charge in [0.1, 0.15) is 5.75 Å². The van der Waals surface area contributed by atoms with Crippen molar-refractivity contribution < 1.29 is 14.6 Å². The lowest BCUT2D eigenvalue weighted by Crippen LogP contribution is -2.17. The van der Waals surface area contributed by atoms with Crippen molar-refractivity contribution in [3.8, 4) is 5.75 Å². The van der Waals surface area contributed by atoms with Crippen LogP contribution in [0.5, 0.6) is 5.75 Å². The molecule has 4 nitrogen and oxygen atoms in total. The number of aromatic carboxylic acids is 1. The first kappa shape index (κ1) is 15.1. The lowest BCUT2D eigenvalue weighted by Gasteiger charge is -2.17. The average molecular weight is 285 g/mol. The van der Waals surface area contributed by atoms with Crippen LogP contribution < -0.4 is 4.74 Å². The number of nitrogens with zero attached hydrogens (tertiary/aromatic N) is 1. The zero-order valence-corrected chi connectivity index (χ0v) is 12.2. The van der Waals surface area contributed by atoms with E-state index in [9.17, 15) is 4.79 Å². The van der Waals surface area contributed by atoms with Gasteiger partial charge in [-0.25, -0.2) is 4.79 Å². The summed E-state index contributed by atoms with van der Waals surface area (Å²) in [6, 6.07) is 15.0. The molecule has 2 aromatic rings. The maximum atomic E-state index is 10.8. The smallest absolute Gasteiger partial charge is 0.335 e. The third kappa shape index (κ3) is 4.33. The lowest BCUT2D eigenvalue weighted by atomic mass is 10.1. The van der Waals surface area contributed by atoms with Crippen LogP contribution in [0.4, 0.5) is 0 Å². The monoisotopic (exact) mass is 285 g/mol. The molecule has 0 atom stereocenters. The van der Waals surface area contributed by atoms with Crippen molar-refractivity contribution in [3.63, 3.8) is 0 Å². The van der Waals surface area contributed by atoms with Crippen molar-refractivity contribution in [2.24, 2.45) is 0 Å². The molecule has 0 radical (unpaired) electrons. The van der Waals surface area contributed by atoms with Crippen LogP contribution in [0, 0.1) is 0 Å². The van der Waals surface area contributed by atoms with E-state index in [2.05, 4.69) is 4.90 Å². The standard InChI is InChI=1S/C17H19NO3/c1-18(12-14-5-9-16(21-2)10-6-14)11-13-3-7-15(8-4-13)17(19)20/h3-10H,11-12H2,1-2H3,(H,19,20). The minimum atomic E-state index is -0.895. The third-order valence-electron chi connectivity index (χ3n) is 3.26. The predicted octanol–water partition coefficient (Wildman–Crippen LogP) is 3.03. The molecule has 4 heteroatoms. The van der Waals surface area contributed by atoms with Gasteiger partial charge < -0.3 is 9.84 Å². The second kappa shape index (κ2) is 6.90. The lowest BCUT2D eigenvalue weighted by molar-refractivity contribution is 0.0697. The molecular weight excluding hydrogens is 266 g/mol. The van der Waals surface area contributed by atoms with Gasteiger partial charge in [-0.3, -0.25) is 4.90 Å². The van der Waals surface area contributed by atoms with Crippen LogP contribution in [-0.4, -0.2) is 30.1 Å². The summed E-state index contributed by atoms with van der Waals surface area (Å²) in [7, 11) is 3.69. The first-order valence-electron chi connectivity index (χ1n) is 6.72. The zero-order chi connectivity index (χ0) is 15.2. The molecule has 0 aliphatic heterocycles. The van der Waals surface area contributed by atoms with Crippen molar-refractivity contribution in [1.29, 1.82) is 0 Å². The van der Waals surface area contributed by atoms with Crippen LogP contribution in [0.1, 0.15) is 21.5 Å². The van der Waals surface area contributed by atoms with Crippen LogP contribution in [0.2, 0.25) is 0 Å². The molecule has 2 rings (SSSR count). The number of ether oxygens (including phenoxy) is 1. The molecule has 0 aliphatic carbocycles. The van der Waals surface area contributed by atoms with E-state index in [1.54, 1.807) is 19.2 Å². The van der Waals surface area contributed by atoms with E-state index in [4.69, 9.17) is 9.84 Å². The van der Waals surface area contributed by atoms with Gasteiger partial charge in [0.15, 0.2) is 0 Å². The minimum absolute atomic E-state index is 0.316. The van der Waals surface area contributed by atoms with Gasteiger partial charge in [0.05, 0.1) is 12.7 Å². The number of carbonyl (C=O) groups is 1. The minimum Gasteiger partial charge on any atom is -0.497 e. The van der Waals surface area contributed by atoms with E-state index in [0.717, 1.165) is 24.4 Å². The Morgan fingerprint density at radius 1 is 1.00 bits per heavy atom. The molecule has 0 bridgehead atoms. The molecule has 0 saturated carbocycles. The maximum Gasteiger partial charge on any atom is 0.335 e. The molecule has 0 aromatic heterocycles. The van der Waals surface area contributed by atoms with Crippen molar-refractivity contribution in [2.75, 3.05) is 14.2 Å². The topological polar surface area (TPSA) is 49.8 Å². The van der Waals surface area contributed by atoms with E-state index >= 15 is 0 Å². The second-order valence-electron chi connectivity index (χ2n) is 5.02. The van der Waals surface area contributed by atoms with Crippen molar-refractivity contribution in [1.82, 2.24) is 4.90 Å². The predicted molar refractivity (Wildman–Crippen MR) is 81.6 cm³/mol. The van der Waals surface area contributed by atoms with Gasteiger partial charge in [0.2, 0.25) is 0 Å². The molecule has 110 valence electrons. The van der Waals surface area contributed by atoms with Gasteiger partial charge in [0.25, 0.3) is 0 Å². The fourth-order valence-corrected chi connectivity index (χ4v) is 2.16. The van der Waals surface area contributed by atoms with E-state index in [-0.39, 0.29) is 0 Å². The quantitative estimate of drug-likeness (QED) is 0.886. The van der Waals surface area contributed by atoms with Crippen LogP contribution >= 0.6 is 0 Å². The summed E-state index contributed by atoms with van der Waals surface area (Å²) in [4.78, 5) is 13.0. The van der Waals surface area contributed by atoms with Crippen molar-refractivity contribution in [3.05, 3.63) is 65.2 Å². The number of benzene rings is 2. The second-order valence-corrected chi connectivity index (χ2v) is 5.02. The maximum absolute atomic E-state index is 10.8. The highest BCUT2D eigenvalue weighted by Crippen LogP contribution is 2.14. The summed E-state index contributed by atoms with van der Waals surface area (Å²) in [5.41, 5.74) is 2.62. The Kier molecular flexibility index (Phi) is 4.95. The SMILES string of the molecule is COc1ccc(CN(C)Cc2ccc(C(=O)O)cc2)cc1. The van der Waals surface area contributed by atoms with Gasteiger partial charge in [0, 0.05) is 13.1 Å². The highest BCUT2D eigenvalue weighted by Gasteiger charge is 2.05. The van der Waals surface area contributed by atoms with Crippen LogP contribution in [0.15, 0.2) is 48.5 Å². The van der Waals surface area contributed by atoms with E-state index < -0.39 is 5.97 Å². The molecule has 0 spiro atoms. The highest BCUT2D eigenvalue weighted by atomic mass is 16.5. The first-order valence-corrected chi connectivity index (χ1v) is 6.72. The Morgan fingerprint density at radius 3 is 1.90 bits per heavy atom. The third-order valence-corrected chi connectivity index (χ3v) is 3.26. The van der Waals surface area contributed by atoms with Crippen LogP contribution in [0.3, 0.4) is 0 Å². The van der Waals surface area contributed by atoms with Gasteiger partial charge in [-0.05, 0) is 42.4 Å². The summed E-state index contributed by atoms with van der Waals surface area (Å²) >= 11 is 0. The Bertz CT molecular complexity index is 590. The molecule has 0 unspecified atom stereocenters. The molecule has 1 N–H and O–H groups in total. The fraction of sp³-hybridized carbons (Fsp3) is 0.235. The van der Waals surface area contributed by atoms with E-state index in [1.807, 2.05) is 43.4 Å². The highest BCUT2D eigenvalue weighted by molar-refractivity contribution is 5.87. The van der Waals surface area contributed by atoms with Gasteiger partial charge in [-0.15, -0.1) is 0 Å². The molecule has 0 amide bonds. The van der Waals surface area contributed by atoms with E-state index in [0.29, 0.717) is 5.56 Å². The molecule has 0 fully saturated rings. The van der Waals surface area contributed by atoms with Gasteiger partial charge >= 0.3 is 5.97 Å². The summed E-state index contributed by atoms with van der Waals surface area (Å²) in [5, 5.41) is 8.87. The largest absolute Gasteiger partial charge is 0.497 e. The number of carboxylic acids is 1. The zero-order valence-electron chi connectivity index (χ0n) is 12.2.